The summed E-state index contributed by atoms with van der Waals surface area (Å²) in [6.45, 7) is 5.21. The highest BCUT2D eigenvalue weighted by Gasteiger charge is 2.23. The minimum atomic E-state index is 0.400. The van der Waals surface area contributed by atoms with E-state index < -0.39 is 0 Å². The Labute approximate surface area is 127 Å². The van der Waals surface area contributed by atoms with Crippen molar-refractivity contribution in [3.63, 3.8) is 0 Å². The van der Waals surface area contributed by atoms with Crippen LogP contribution >= 0.6 is 0 Å². The smallest absolute Gasteiger partial charge is 0.123 e. The van der Waals surface area contributed by atoms with E-state index in [-0.39, 0.29) is 0 Å². The lowest BCUT2D eigenvalue weighted by molar-refractivity contribution is 0.228. The molecule has 2 aromatic carbocycles. The standard InChI is InChI=1S/C19H23NO/c1-3-14(2)20-16-12-18-17(15-8-5-4-6-9-15)10-7-11-19(18)21-13-16/h4-11,14,16,20H,3,12-13H2,1-2H3/t14?,16-/m1/s1. The predicted molar refractivity (Wildman–Crippen MR) is 87.8 cm³/mol. The Kier molecular flexibility index (Phi) is 4.26. The van der Waals surface area contributed by atoms with Crippen molar-refractivity contribution in [3.05, 3.63) is 54.1 Å². The topological polar surface area (TPSA) is 21.3 Å². The van der Waals surface area contributed by atoms with Crippen LogP contribution in [0.1, 0.15) is 25.8 Å². The number of rotatable bonds is 4. The largest absolute Gasteiger partial charge is 0.492 e. The number of fused-ring (bicyclic) bond motifs is 1. The van der Waals surface area contributed by atoms with E-state index in [9.17, 15) is 0 Å². The Balaban J connectivity index is 1.89. The Morgan fingerprint density at radius 2 is 1.95 bits per heavy atom. The van der Waals surface area contributed by atoms with Gasteiger partial charge in [-0.05, 0) is 37.0 Å². The number of hydrogen-bond donors (Lipinski definition) is 1. The summed E-state index contributed by atoms with van der Waals surface area (Å²) in [5.41, 5.74) is 3.89. The van der Waals surface area contributed by atoms with Crippen LogP contribution < -0.4 is 10.1 Å². The van der Waals surface area contributed by atoms with Crippen LogP contribution in [0.2, 0.25) is 0 Å². The molecule has 0 aliphatic carbocycles. The summed E-state index contributed by atoms with van der Waals surface area (Å²) >= 11 is 0. The minimum absolute atomic E-state index is 0.400. The van der Waals surface area contributed by atoms with Crippen LogP contribution in [0.25, 0.3) is 11.1 Å². The van der Waals surface area contributed by atoms with Gasteiger partial charge in [-0.3, -0.25) is 0 Å². The molecule has 2 heteroatoms. The quantitative estimate of drug-likeness (QED) is 0.913. The molecule has 0 bridgehead atoms. The molecule has 2 aromatic rings. The van der Waals surface area contributed by atoms with Gasteiger partial charge in [-0.25, -0.2) is 0 Å². The van der Waals surface area contributed by atoms with Gasteiger partial charge in [0, 0.05) is 17.6 Å². The molecule has 110 valence electrons. The van der Waals surface area contributed by atoms with Gasteiger partial charge in [-0.1, -0.05) is 49.4 Å². The predicted octanol–water partition coefficient (Wildman–Crippen LogP) is 4.05. The molecule has 0 aromatic heterocycles. The monoisotopic (exact) mass is 281 g/mol. The van der Waals surface area contributed by atoms with Crippen molar-refractivity contribution in [2.75, 3.05) is 6.61 Å². The van der Waals surface area contributed by atoms with Gasteiger partial charge in [0.2, 0.25) is 0 Å². The first-order chi connectivity index (χ1) is 10.3. The number of ether oxygens (including phenoxy) is 1. The molecule has 1 N–H and O–H groups in total. The summed E-state index contributed by atoms with van der Waals surface area (Å²) in [4.78, 5) is 0. The van der Waals surface area contributed by atoms with Crippen molar-refractivity contribution in [2.24, 2.45) is 0 Å². The summed E-state index contributed by atoms with van der Waals surface area (Å²) in [7, 11) is 0. The fourth-order valence-corrected chi connectivity index (χ4v) is 2.92. The SMILES string of the molecule is CCC(C)N[C@H]1COc2cccc(-c3ccccc3)c2C1. The molecule has 3 rings (SSSR count). The number of hydrogen-bond acceptors (Lipinski definition) is 2. The molecule has 0 amide bonds. The van der Waals surface area contributed by atoms with Gasteiger partial charge in [0.25, 0.3) is 0 Å². The molecule has 0 radical (unpaired) electrons. The molecule has 0 spiro atoms. The highest BCUT2D eigenvalue weighted by atomic mass is 16.5. The van der Waals surface area contributed by atoms with Gasteiger partial charge >= 0.3 is 0 Å². The summed E-state index contributed by atoms with van der Waals surface area (Å²) in [5, 5.41) is 3.66. The molecule has 2 atom stereocenters. The summed E-state index contributed by atoms with van der Waals surface area (Å²) < 4.78 is 5.98. The minimum Gasteiger partial charge on any atom is -0.492 e. The maximum atomic E-state index is 5.98. The third-order valence-electron chi connectivity index (χ3n) is 4.24. The normalized spacial score (nSPS) is 18.7. The molecule has 0 saturated heterocycles. The zero-order valence-electron chi connectivity index (χ0n) is 12.8. The van der Waals surface area contributed by atoms with Crippen LogP contribution in [-0.4, -0.2) is 18.7 Å². The molecular weight excluding hydrogens is 258 g/mol. The first-order valence-corrected chi connectivity index (χ1v) is 7.84. The lowest BCUT2D eigenvalue weighted by Gasteiger charge is -2.30. The van der Waals surface area contributed by atoms with E-state index in [4.69, 9.17) is 4.74 Å². The summed E-state index contributed by atoms with van der Waals surface area (Å²) in [5.74, 6) is 1.04. The van der Waals surface area contributed by atoms with Crippen LogP contribution in [0.15, 0.2) is 48.5 Å². The van der Waals surface area contributed by atoms with E-state index in [1.54, 1.807) is 0 Å². The number of benzene rings is 2. The first-order valence-electron chi connectivity index (χ1n) is 7.84. The summed E-state index contributed by atoms with van der Waals surface area (Å²) in [6, 6.07) is 17.9. The second-order valence-corrected chi connectivity index (χ2v) is 5.84. The van der Waals surface area contributed by atoms with E-state index in [1.807, 2.05) is 0 Å². The maximum Gasteiger partial charge on any atom is 0.123 e. The van der Waals surface area contributed by atoms with E-state index in [2.05, 4.69) is 67.7 Å². The first kappa shape index (κ1) is 14.2. The molecular formula is C19H23NO. The summed E-state index contributed by atoms with van der Waals surface area (Å²) in [6.07, 6.45) is 2.18. The molecule has 1 aliphatic rings. The zero-order valence-corrected chi connectivity index (χ0v) is 12.8. The van der Waals surface area contributed by atoms with Crippen molar-refractivity contribution in [3.8, 4) is 16.9 Å². The van der Waals surface area contributed by atoms with Crippen molar-refractivity contribution >= 4 is 0 Å². The second-order valence-electron chi connectivity index (χ2n) is 5.84. The van der Waals surface area contributed by atoms with Gasteiger partial charge < -0.3 is 10.1 Å². The lowest BCUT2D eigenvalue weighted by atomic mass is 9.92. The van der Waals surface area contributed by atoms with Gasteiger partial charge in [-0.15, -0.1) is 0 Å². The van der Waals surface area contributed by atoms with Gasteiger partial charge in [0.05, 0.1) is 0 Å². The van der Waals surface area contributed by atoms with Crippen LogP contribution in [0, 0.1) is 0 Å². The van der Waals surface area contributed by atoms with Crippen molar-refractivity contribution in [1.82, 2.24) is 5.32 Å². The van der Waals surface area contributed by atoms with E-state index in [0.29, 0.717) is 12.1 Å². The lowest BCUT2D eigenvalue weighted by Crippen LogP contribution is -2.43. The van der Waals surface area contributed by atoms with Gasteiger partial charge in [0.15, 0.2) is 0 Å². The zero-order chi connectivity index (χ0) is 14.7. The van der Waals surface area contributed by atoms with Crippen LogP contribution in [0.4, 0.5) is 0 Å². The Morgan fingerprint density at radius 1 is 1.14 bits per heavy atom. The van der Waals surface area contributed by atoms with E-state index >= 15 is 0 Å². The molecule has 21 heavy (non-hydrogen) atoms. The second kappa shape index (κ2) is 6.31. The molecule has 1 heterocycles. The average Bonchev–Trinajstić information content (AvgIpc) is 2.55. The third kappa shape index (κ3) is 3.11. The van der Waals surface area contributed by atoms with Gasteiger partial charge in [-0.2, -0.15) is 0 Å². The van der Waals surface area contributed by atoms with Gasteiger partial charge in [0.1, 0.15) is 12.4 Å². The maximum absolute atomic E-state index is 5.98. The molecule has 0 fully saturated rings. The van der Waals surface area contributed by atoms with E-state index in [0.717, 1.165) is 25.2 Å². The van der Waals surface area contributed by atoms with Crippen molar-refractivity contribution < 1.29 is 4.74 Å². The average molecular weight is 281 g/mol. The Bertz CT molecular complexity index is 594. The van der Waals surface area contributed by atoms with Crippen molar-refractivity contribution in [2.45, 2.75) is 38.8 Å². The molecule has 1 unspecified atom stereocenters. The molecule has 1 aliphatic heterocycles. The fraction of sp³-hybridized carbons (Fsp3) is 0.368. The third-order valence-corrected chi connectivity index (χ3v) is 4.24. The highest BCUT2D eigenvalue weighted by molar-refractivity contribution is 5.70. The van der Waals surface area contributed by atoms with Crippen LogP contribution in [0.3, 0.4) is 0 Å². The van der Waals surface area contributed by atoms with E-state index in [1.165, 1.54) is 16.7 Å². The Hall–Kier alpha value is -1.80. The Morgan fingerprint density at radius 3 is 2.71 bits per heavy atom. The number of nitrogens with one attached hydrogen (secondary N) is 1. The fourth-order valence-electron chi connectivity index (χ4n) is 2.92. The van der Waals surface area contributed by atoms with Crippen LogP contribution in [0.5, 0.6) is 5.75 Å². The molecule has 0 saturated carbocycles. The van der Waals surface area contributed by atoms with Crippen LogP contribution in [-0.2, 0) is 6.42 Å². The highest BCUT2D eigenvalue weighted by Crippen LogP contribution is 2.34. The molecule has 2 nitrogen and oxygen atoms in total. The van der Waals surface area contributed by atoms with Crippen molar-refractivity contribution in [1.29, 1.82) is 0 Å².